The molecule has 0 aromatic rings. The van der Waals surface area contributed by atoms with Crippen LogP contribution in [0.4, 0.5) is 4.79 Å². The lowest BCUT2D eigenvalue weighted by Gasteiger charge is -2.06. The molecule has 0 radical (unpaired) electrons. The molecule has 5 nitrogen and oxygen atoms in total. The molecule has 5 heteroatoms. The first-order chi connectivity index (χ1) is 5.34. The minimum Gasteiger partial charge on any atom is -0.448 e. The minimum absolute atomic E-state index is 0.285. The monoisotopic (exact) mass is 158 g/mol. The van der Waals surface area contributed by atoms with Crippen LogP contribution in [0.3, 0.4) is 0 Å². The number of hydrogen-bond acceptors (Lipinski definition) is 4. The van der Waals surface area contributed by atoms with Crippen LogP contribution in [0.5, 0.6) is 0 Å². The lowest BCUT2D eigenvalue weighted by molar-refractivity contribution is 0.161. The van der Waals surface area contributed by atoms with Gasteiger partial charge >= 0.3 is 6.09 Å². The first kappa shape index (κ1) is 7.84. The SMILES string of the molecule is CO/N=C/CN1CCOC1=O. The number of carbonyl (C=O) groups is 1. The summed E-state index contributed by atoms with van der Waals surface area (Å²) in [4.78, 5) is 16.7. The van der Waals surface area contributed by atoms with Gasteiger partial charge in [-0.05, 0) is 0 Å². The third kappa shape index (κ3) is 2.10. The number of cyclic esters (lactones) is 1. The van der Waals surface area contributed by atoms with Crippen LogP contribution >= 0.6 is 0 Å². The number of rotatable bonds is 3. The third-order valence-corrected chi connectivity index (χ3v) is 1.33. The van der Waals surface area contributed by atoms with Crippen LogP contribution in [-0.4, -0.2) is 44.0 Å². The highest BCUT2D eigenvalue weighted by molar-refractivity contribution is 5.73. The molecule has 0 spiro atoms. The molecule has 0 atom stereocenters. The molecule has 1 aliphatic heterocycles. The van der Waals surface area contributed by atoms with E-state index in [1.165, 1.54) is 13.3 Å². The van der Waals surface area contributed by atoms with Crippen molar-refractivity contribution < 1.29 is 14.4 Å². The van der Waals surface area contributed by atoms with Crippen molar-refractivity contribution in [3.05, 3.63) is 0 Å². The molecule has 1 saturated heterocycles. The van der Waals surface area contributed by atoms with Crippen molar-refractivity contribution in [2.75, 3.05) is 26.8 Å². The zero-order chi connectivity index (χ0) is 8.10. The van der Waals surface area contributed by atoms with E-state index in [-0.39, 0.29) is 6.09 Å². The Morgan fingerprint density at radius 1 is 1.91 bits per heavy atom. The van der Waals surface area contributed by atoms with E-state index in [2.05, 4.69) is 14.7 Å². The van der Waals surface area contributed by atoms with E-state index < -0.39 is 0 Å². The van der Waals surface area contributed by atoms with Crippen LogP contribution in [0.1, 0.15) is 0 Å². The maximum absolute atomic E-state index is 10.8. The topological polar surface area (TPSA) is 51.1 Å². The van der Waals surface area contributed by atoms with E-state index >= 15 is 0 Å². The van der Waals surface area contributed by atoms with Crippen molar-refractivity contribution in [3.63, 3.8) is 0 Å². The van der Waals surface area contributed by atoms with Crippen molar-refractivity contribution in [1.82, 2.24) is 4.90 Å². The highest BCUT2D eigenvalue weighted by Crippen LogP contribution is 2.00. The Morgan fingerprint density at radius 2 is 2.73 bits per heavy atom. The van der Waals surface area contributed by atoms with E-state index in [4.69, 9.17) is 0 Å². The zero-order valence-electron chi connectivity index (χ0n) is 6.32. The van der Waals surface area contributed by atoms with Crippen LogP contribution in [-0.2, 0) is 9.57 Å². The summed E-state index contributed by atoms with van der Waals surface area (Å²) in [6.07, 6.45) is 1.24. The van der Waals surface area contributed by atoms with Gasteiger partial charge in [-0.3, -0.25) is 4.90 Å². The van der Waals surface area contributed by atoms with Gasteiger partial charge in [-0.1, -0.05) is 5.16 Å². The normalized spacial score (nSPS) is 17.5. The molecule has 0 aliphatic carbocycles. The Labute approximate surface area is 64.6 Å². The summed E-state index contributed by atoms with van der Waals surface area (Å²) in [6.45, 7) is 1.56. The second-order valence-electron chi connectivity index (χ2n) is 2.03. The molecule has 0 aromatic heterocycles. The van der Waals surface area contributed by atoms with Crippen molar-refractivity contribution in [3.8, 4) is 0 Å². The molecule has 0 bridgehead atoms. The standard InChI is InChI=1S/C6H10N2O3/c1-10-7-2-3-8-4-5-11-6(8)9/h2H,3-5H2,1H3/b7-2+. The van der Waals surface area contributed by atoms with E-state index in [0.717, 1.165) is 0 Å². The fourth-order valence-corrected chi connectivity index (χ4v) is 0.798. The molecule has 0 aromatic carbocycles. The fraction of sp³-hybridized carbons (Fsp3) is 0.667. The van der Waals surface area contributed by atoms with Gasteiger partial charge < -0.3 is 9.57 Å². The summed E-state index contributed by atoms with van der Waals surface area (Å²) in [5, 5.41) is 3.50. The van der Waals surface area contributed by atoms with Gasteiger partial charge in [0.25, 0.3) is 0 Å². The first-order valence-corrected chi connectivity index (χ1v) is 3.31. The predicted molar refractivity (Wildman–Crippen MR) is 38.4 cm³/mol. The molecule has 0 N–H and O–H groups in total. The van der Waals surface area contributed by atoms with Gasteiger partial charge in [-0.2, -0.15) is 0 Å². The summed E-state index contributed by atoms with van der Waals surface area (Å²) in [5.41, 5.74) is 0. The average molecular weight is 158 g/mol. The fourth-order valence-electron chi connectivity index (χ4n) is 0.798. The third-order valence-electron chi connectivity index (χ3n) is 1.33. The van der Waals surface area contributed by atoms with Gasteiger partial charge in [0.05, 0.1) is 19.3 Å². The summed E-state index contributed by atoms with van der Waals surface area (Å²) in [5.74, 6) is 0. The maximum atomic E-state index is 10.8. The van der Waals surface area contributed by atoms with Gasteiger partial charge in [-0.25, -0.2) is 4.79 Å². The van der Waals surface area contributed by atoms with E-state index in [1.54, 1.807) is 4.90 Å². The van der Waals surface area contributed by atoms with Crippen LogP contribution in [0, 0.1) is 0 Å². The highest BCUT2D eigenvalue weighted by atomic mass is 16.6. The lowest BCUT2D eigenvalue weighted by atomic mass is 10.6. The predicted octanol–water partition coefficient (Wildman–Crippen LogP) is 0.0708. The molecule has 62 valence electrons. The molecule has 1 heterocycles. The Morgan fingerprint density at radius 3 is 3.27 bits per heavy atom. The van der Waals surface area contributed by atoms with Crippen molar-refractivity contribution in [2.45, 2.75) is 0 Å². The molecular weight excluding hydrogens is 148 g/mol. The summed E-state index contributed by atoms with van der Waals surface area (Å²) < 4.78 is 4.68. The highest BCUT2D eigenvalue weighted by Gasteiger charge is 2.20. The van der Waals surface area contributed by atoms with E-state index in [0.29, 0.717) is 19.7 Å². The number of ether oxygens (including phenoxy) is 1. The number of oxime groups is 1. The van der Waals surface area contributed by atoms with Gasteiger partial charge in [0.1, 0.15) is 13.7 Å². The van der Waals surface area contributed by atoms with Crippen molar-refractivity contribution in [1.29, 1.82) is 0 Å². The second-order valence-corrected chi connectivity index (χ2v) is 2.03. The zero-order valence-corrected chi connectivity index (χ0v) is 6.32. The molecule has 1 rings (SSSR count). The summed E-state index contributed by atoms with van der Waals surface area (Å²) >= 11 is 0. The molecule has 0 saturated carbocycles. The molecular formula is C6H10N2O3. The van der Waals surface area contributed by atoms with Crippen molar-refractivity contribution >= 4 is 12.3 Å². The van der Waals surface area contributed by atoms with Crippen LogP contribution < -0.4 is 0 Å². The van der Waals surface area contributed by atoms with Crippen LogP contribution in [0.2, 0.25) is 0 Å². The molecule has 0 unspecified atom stereocenters. The Kier molecular flexibility index (Phi) is 2.71. The molecule has 1 fully saturated rings. The minimum atomic E-state index is -0.285. The van der Waals surface area contributed by atoms with Crippen LogP contribution in [0.25, 0.3) is 0 Å². The lowest BCUT2D eigenvalue weighted by Crippen LogP contribution is -2.26. The van der Waals surface area contributed by atoms with Gasteiger partial charge in [0, 0.05) is 0 Å². The van der Waals surface area contributed by atoms with E-state index in [9.17, 15) is 4.79 Å². The molecule has 1 aliphatic rings. The van der Waals surface area contributed by atoms with Gasteiger partial charge in [-0.15, -0.1) is 0 Å². The molecule has 11 heavy (non-hydrogen) atoms. The first-order valence-electron chi connectivity index (χ1n) is 3.31. The smallest absolute Gasteiger partial charge is 0.410 e. The summed E-state index contributed by atoms with van der Waals surface area (Å²) in [7, 11) is 1.46. The largest absolute Gasteiger partial charge is 0.448 e. The summed E-state index contributed by atoms with van der Waals surface area (Å²) in [6, 6.07) is 0. The number of amides is 1. The van der Waals surface area contributed by atoms with Gasteiger partial charge in [0.2, 0.25) is 0 Å². The molecule has 1 amide bonds. The Balaban J connectivity index is 2.25. The quantitative estimate of drug-likeness (QED) is 0.431. The Hall–Kier alpha value is -1.26. The van der Waals surface area contributed by atoms with Gasteiger partial charge in [0.15, 0.2) is 0 Å². The number of nitrogens with zero attached hydrogens (tertiary/aromatic N) is 2. The number of carbonyl (C=O) groups excluding carboxylic acids is 1. The van der Waals surface area contributed by atoms with Crippen molar-refractivity contribution in [2.24, 2.45) is 5.16 Å². The average Bonchev–Trinajstić information content (AvgIpc) is 2.37. The number of hydrogen-bond donors (Lipinski definition) is 0. The second kappa shape index (κ2) is 3.80. The maximum Gasteiger partial charge on any atom is 0.410 e. The Bertz CT molecular complexity index is 169. The van der Waals surface area contributed by atoms with E-state index in [1.807, 2.05) is 0 Å². The van der Waals surface area contributed by atoms with Crippen LogP contribution in [0.15, 0.2) is 5.16 Å².